The van der Waals surface area contributed by atoms with Crippen molar-refractivity contribution in [3.8, 4) is 0 Å². The van der Waals surface area contributed by atoms with Gasteiger partial charge in [-0.05, 0) is 30.2 Å². The normalized spacial score (nSPS) is 11.1. The second kappa shape index (κ2) is 8.56. The van der Waals surface area contributed by atoms with E-state index in [4.69, 9.17) is 0 Å². The Morgan fingerprint density at radius 1 is 1.11 bits per heavy atom. The van der Waals surface area contributed by atoms with Crippen molar-refractivity contribution in [1.29, 1.82) is 0 Å². The molecule has 7 heteroatoms. The summed E-state index contributed by atoms with van der Waals surface area (Å²) in [6.45, 7) is 9.27. The molecule has 0 fully saturated rings. The first-order valence-electron chi connectivity index (χ1n) is 9.02. The molecule has 150 valence electrons. The van der Waals surface area contributed by atoms with Crippen LogP contribution >= 0.6 is 11.3 Å². The zero-order chi connectivity index (χ0) is 21.1. The maximum absolute atomic E-state index is 12.8. The Hall–Kier alpha value is -2.67. The summed E-state index contributed by atoms with van der Waals surface area (Å²) in [5.41, 5.74) is 1.80. The number of carbonyl (C=O) groups is 3. The molecule has 1 aromatic heterocycles. The lowest BCUT2D eigenvalue weighted by Gasteiger charge is -2.18. The molecule has 0 unspecified atom stereocenters. The molecule has 0 spiro atoms. The maximum atomic E-state index is 12.8. The third-order valence-electron chi connectivity index (χ3n) is 4.25. The van der Waals surface area contributed by atoms with Crippen LogP contribution in [0.25, 0.3) is 0 Å². The molecule has 2 aromatic rings. The molecule has 0 saturated heterocycles. The molecule has 0 atom stereocenters. The summed E-state index contributed by atoms with van der Waals surface area (Å²) in [6.07, 6.45) is 0. The minimum absolute atomic E-state index is 0.0468. The monoisotopic (exact) mass is 401 g/mol. The Kier molecular flexibility index (Phi) is 6.61. The van der Waals surface area contributed by atoms with Gasteiger partial charge < -0.3 is 15.5 Å². The van der Waals surface area contributed by atoms with Crippen LogP contribution in [0.3, 0.4) is 0 Å². The first-order chi connectivity index (χ1) is 13.0. The number of hydrogen-bond acceptors (Lipinski definition) is 4. The Morgan fingerprint density at radius 2 is 1.75 bits per heavy atom. The third-order valence-corrected chi connectivity index (χ3v) is 5.40. The Bertz CT molecular complexity index is 897. The second-order valence-electron chi connectivity index (χ2n) is 7.81. The molecule has 0 aliphatic heterocycles. The van der Waals surface area contributed by atoms with Crippen LogP contribution in [0.1, 0.15) is 48.5 Å². The van der Waals surface area contributed by atoms with Gasteiger partial charge in [0.2, 0.25) is 11.8 Å². The van der Waals surface area contributed by atoms with Crippen molar-refractivity contribution >= 4 is 39.7 Å². The van der Waals surface area contributed by atoms with Crippen LogP contribution in [0.2, 0.25) is 0 Å². The highest BCUT2D eigenvalue weighted by atomic mass is 32.1. The molecule has 0 aliphatic carbocycles. The van der Waals surface area contributed by atoms with Crippen molar-refractivity contribution in [3.63, 3.8) is 0 Å². The van der Waals surface area contributed by atoms with Gasteiger partial charge >= 0.3 is 0 Å². The number of thiophene rings is 1. The average Bonchev–Trinajstić information content (AvgIpc) is 2.96. The zero-order valence-corrected chi connectivity index (χ0v) is 18.0. The number of nitrogens with zero attached hydrogens (tertiary/aromatic N) is 1. The SMILES string of the molecule is CC(=O)N(C)Cc1ccccc1NC(=O)c1sc(NC(=O)C(C)(C)C)cc1C. The molecule has 1 aromatic carbocycles. The van der Waals surface area contributed by atoms with Crippen molar-refractivity contribution in [2.24, 2.45) is 5.41 Å². The second-order valence-corrected chi connectivity index (χ2v) is 8.87. The molecule has 1 heterocycles. The average molecular weight is 402 g/mol. The summed E-state index contributed by atoms with van der Waals surface area (Å²) in [6, 6.07) is 9.20. The number of aryl methyl sites for hydroxylation is 1. The van der Waals surface area contributed by atoms with Crippen LogP contribution < -0.4 is 10.6 Å². The first-order valence-corrected chi connectivity index (χ1v) is 9.83. The van der Waals surface area contributed by atoms with E-state index in [-0.39, 0.29) is 17.7 Å². The molecule has 0 radical (unpaired) electrons. The molecule has 0 bridgehead atoms. The van der Waals surface area contributed by atoms with Crippen molar-refractivity contribution < 1.29 is 14.4 Å². The molecule has 3 amide bonds. The summed E-state index contributed by atoms with van der Waals surface area (Å²) < 4.78 is 0. The fourth-order valence-corrected chi connectivity index (χ4v) is 3.36. The predicted molar refractivity (Wildman–Crippen MR) is 114 cm³/mol. The molecule has 28 heavy (non-hydrogen) atoms. The van der Waals surface area contributed by atoms with E-state index >= 15 is 0 Å². The van der Waals surface area contributed by atoms with E-state index in [2.05, 4.69) is 10.6 Å². The van der Waals surface area contributed by atoms with E-state index in [1.807, 2.05) is 52.0 Å². The molecule has 2 rings (SSSR count). The van der Waals surface area contributed by atoms with Crippen molar-refractivity contribution in [2.75, 3.05) is 17.7 Å². The van der Waals surface area contributed by atoms with Gasteiger partial charge in [-0.1, -0.05) is 39.0 Å². The maximum Gasteiger partial charge on any atom is 0.266 e. The molecular weight excluding hydrogens is 374 g/mol. The summed E-state index contributed by atoms with van der Waals surface area (Å²) in [5.74, 6) is -0.385. The number of rotatable bonds is 5. The van der Waals surface area contributed by atoms with Crippen LogP contribution in [0.15, 0.2) is 30.3 Å². The minimum atomic E-state index is -0.512. The van der Waals surface area contributed by atoms with Crippen LogP contribution in [-0.4, -0.2) is 29.7 Å². The lowest BCUT2D eigenvalue weighted by atomic mass is 9.96. The molecule has 0 saturated carbocycles. The highest BCUT2D eigenvalue weighted by Crippen LogP contribution is 2.29. The zero-order valence-electron chi connectivity index (χ0n) is 17.2. The quantitative estimate of drug-likeness (QED) is 0.785. The van der Waals surface area contributed by atoms with Crippen LogP contribution in [0.4, 0.5) is 10.7 Å². The van der Waals surface area contributed by atoms with Gasteiger partial charge in [-0.15, -0.1) is 11.3 Å². The van der Waals surface area contributed by atoms with Crippen LogP contribution in [0, 0.1) is 12.3 Å². The Balaban J connectivity index is 2.18. The number of carbonyl (C=O) groups excluding carboxylic acids is 3. The molecule has 2 N–H and O–H groups in total. The number of hydrogen-bond donors (Lipinski definition) is 2. The van der Waals surface area contributed by atoms with Gasteiger partial charge in [0.15, 0.2) is 0 Å². The van der Waals surface area contributed by atoms with Gasteiger partial charge in [0.25, 0.3) is 5.91 Å². The molecule has 0 aliphatic rings. The minimum Gasteiger partial charge on any atom is -0.342 e. The Morgan fingerprint density at radius 3 is 2.36 bits per heavy atom. The highest BCUT2D eigenvalue weighted by Gasteiger charge is 2.23. The van der Waals surface area contributed by atoms with E-state index in [0.29, 0.717) is 22.1 Å². The summed E-state index contributed by atoms with van der Waals surface area (Å²) >= 11 is 1.25. The topological polar surface area (TPSA) is 78.5 Å². The fraction of sp³-hybridized carbons (Fsp3) is 0.381. The van der Waals surface area contributed by atoms with E-state index in [9.17, 15) is 14.4 Å². The molecule has 6 nitrogen and oxygen atoms in total. The lowest BCUT2D eigenvalue weighted by molar-refractivity contribution is -0.128. The Labute approximate surface area is 169 Å². The van der Waals surface area contributed by atoms with Crippen molar-refractivity contribution in [3.05, 3.63) is 46.3 Å². The fourth-order valence-electron chi connectivity index (χ4n) is 2.39. The van der Waals surface area contributed by atoms with Crippen LogP contribution in [0.5, 0.6) is 0 Å². The van der Waals surface area contributed by atoms with Gasteiger partial charge in [-0.2, -0.15) is 0 Å². The number of nitrogens with one attached hydrogen (secondary N) is 2. The number of amides is 3. The number of anilines is 2. The summed E-state index contributed by atoms with van der Waals surface area (Å²) in [4.78, 5) is 38.6. The van der Waals surface area contributed by atoms with Crippen molar-refractivity contribution in [2.45, 2.75) is 41.2 Å². The van der Waals surface area contributed by atoms with Crippen molar-refractivity contribution in [1.82, 2.24) is 4.90 Å². The van der Waals surface area contributed by atoms with Gasteiger partial charge in [-0.3, -0.25) is 14.4 Å². The largest absolute Gasteiger partial charge is 0.342 e. The smallest absolute Gasteiger partial charge is 0.266 e. The lowest BCUT2D eigenvalue weighted by Crippen LogP contribution is -2.27. The molecular formula is C21H27N3O3S. The summed E-state index contributed by atoms with van der Waals surface area (Å²) in [5, 5.41) is 6.44. The van der Waals surface area contributed by atoms with Crippen LogP contribution in [-0.2, 0) is 16.1 Å². The number of benzene rings is 1. The van der Waals surface area contributed by atoms with E-state index < -0.39 is 5.41 Å². The highest BCUT2D eigenvalue weighted by molar-refractivity contribution is 7.18. The third kappa shape index (κ3) is 5.42. The first kappa shape index (κ1) is 21.6. The summed E-state index contributed by atoms with van der Waals surface area (Å²) in [7, 11) is 1.72. The van der Waals surface area contributed by atoms with E-state index in [1.165, 1.54) is 18.3 Å². The predicted octanol–water partition coefficient (Wildman–Crippen LogP) is 4.27. The van der Waals surface area contributed by atoms with Gasteiger partial charge in [-0.25, -0.2) is 0 Å². The van der Waals surface area contributed by atoms with Gasteiger partial charge in [0.1, 0.15) is 0 Å². The van der Waals surface area contributed by atoms with Gasteiger partial charge in [0.05, 0.1) is 9.88 Å². The standard InChI is InChI=1S/C21H27N3O3S/c1-13-11-17(23-20(27)21(3,4)5)28-18(13)19(26)22-16-10-8-7-9-15(16)12-24(6)14(2)25/h7-11H,12H2,1-6H3,(H,22,26)(H,23,27). The number of para-hydroxylation sites is 1. The van der Waals surface area contributed by atoms with E-state index in [0.717, 1.165) is 11.1 Å². The van der Waals surface area contributed by atoms with Gasteiger partial charge in [0, 0.05) is 31.6 Å². The van der Waals surface area contributed by atoms with E-state index in [1.54, 1.807) is 18.0 Å².